The zero-order valence-electron chi connectivity index (χ0n) is 14.6. The Labute approximate surface area is 148 Å². The minimum atomic E-state index is -3.66. The van der Waals surface area contributed by atoms with Crippen LogP contribution in [0.1, 0.15) is 13.3 Å². The molecule has 0 saturated carbocycles. The number of nitrogens with one attached hydrogen (secondary N) is 1. The first kappa shape index (κ1) is 19.0. The van der Waals surface area contributed by atoms with E-state index >= 15 is 0 Å². The maximum Gasteiger partial charge on any atom is 0.244 e. The fourth-order valence-electron chi connectivity index (χ4n) is 2.55. The number of carbonyl (C=O) groups is 1. The van der Waals surface area contributed by atoms with Crippen LogP contribution in [0.5, 0.6) is 0 Å². The van der Waals surface area contributed by atoms with E-state index in [-0.39, 0.29) is 11.4 Å². The van der Waals surface area contributed by atoms with E-state index < -0.39 is 15.9 Å². The zero-order valence-corrected chi connectivity index (χ0v) is 15.4. The predicted octanol–water partition coefficient (Wildman–Crippen LogP) is 2.01. The second kappa shape index (κ2) is 7.67. The lowest BCUT2D eigenvalue weighted by molar-refractivity contribution is -0.114. The zero-order chi connectivity index (χ0) is 18.6. The van der Waals surface area contributed by atoms with E-state index in [2.05, 4.69) is 4.72 Å². The van der Waals surface area contributed by atoms with Crippen LogP contribution < -0.4 is 15.4 Å². The molecule has 0 heterocycles. The van der Waals surface area contributed by atoms with E-state index in [1.807, 2.05) is 37.2 Å². The van der Waals surface area contributed by atoms with Gasteiger partial charge < -0.3 is 10.6 Å². The fraction of sp³-hybridized carbons (Fsp3) is 0.278. The Morgan fingerprint density at radius 1 is 1.16 bits per heavy atom. The number of sulfonamides is 1. The number of amides is 1. The molecule has 0 bridgehead atoms. The molecule has 0 aliphatic heterocycles. The van der Waals surface area contributed by atoms with Gasteiger partial charge in [-0.1, -0.05) is 30.3 Å². The Bertz CT molecular complexity index is 918. The number of fused-ring (bicyclic) bond motifs is 1. The quantitative estimate of drug-likeness (QED) is 0.583. The molecule has 0 atom stereocenters. The summed E-state index contributed by atoms with van der Waals surface area (Å²) in [7, 11) is 0.175. The van der Waals surface area contributed by atoms with E-state index in [9.17, 15) is 13.2 Å². The van der Waals surface area contributed by atoms with Crippen molar-refractivity contribution in [3.05, 3.63) is 48.0 Å². The molecule has 0 spiro atoms. The second-order valence-corrected chi connectivity index (χ2v) is 7.70. The lowest BCUT2D eigenvalue weighted by atomic mass is 10.1. The van der Waals surface area contributed by atoms with Crippen LogP contribution in [0.2, 0.25) is 0 Å². The second-order valence-electron chi connectivity index (χ2n) is 5.96. The normalized spacial score (nSPS) is 12.4. The maximum atomic E-state index is 12.7. The van der Waals surface area contributed by atoms with E-state index in [0.29, 0.717) is 17.4 Å². The summed E-state index contributed by atoms with van der Waals surface area (Å²) in [4.78, 5) is 13.1. The molecule has 2 aromatic rings. The van der Waals surface area contributed by atoms with Crippen LogP contribution in [-0.4, -0.2) is 35.0 Å². The van der Waals surface area contributed by atoms with Gasteiger partial charge in [0.2, 0.25) is 15.9 Å². The molecule has 0 aliphatic rings. The molecule has 134 valence electrons. The summed E-state index contributed by atoms with van der Waals surface area (Å²) in [6.07, 6.45) is 2.01. The largest absolute Gasteiger partial charge is 0.377 e. The number of nitrogens with two attached hydrogens (primary N) is 1. The summed E-state index contributed by atoms with van der Waals surface area (Å²) in [5.74, 6) is -0.506. The first-order chi connectivity index (χ1) is 11.7. The maximum absolute atomic E-state index is 12.7. The monoisotopic (exact) mass is 361 g/mol. The van der Waals surface area contributed by atoms with Gasteiger partial charge in [0.15, 0.2) is 0 Å². The standard InChI is InChI=1S/C18H23N3O3S/c1-13(18(19)22)7-6-12-20-25(23,24)17-11-5-8-14-15(17)9-4-10-16(14)21(2)3/h4-5,7-11,20H,6,12H2,1-3H3,(H2,19,22)/b13-7-. The van der Waals surface area contributed by atoms with Gasteiger partial charge in [-0.25, -0.2) is 13.1 Å². The average molecular weight is 361 g/mol. The molecule has 2 rings (SSSR count). The summed E-state index contributed by atoms with van der Waals surface area (Å²) in [6.45, 7) is 1.79. The highest BCUT2D eigenvalue weighted by Gasteiger charge is 2.17. The van der Waals surface area contributed by atoms with Crippen molar-refractivity contribution in [1.29, 1.82) is 0 Å². The Hall–Kier alpha value is -2.38. The van der Waals surface area contributed by atoms with Crippen LogP contribution in [0, 0.1) is 0 Å². The van der Waals surface area contributed by atoms with E-state index in [0.717, 1.165) is 11.1 Å². The summed E-state index contributed by atoms with van der Waals surface area (Å²) in [5.41, 5.74) is 6.52. The van der Waals surface area contributed by atoms with E-state index in [4.69, 9.17) is 5.73 Å². The van der Waals surface area contributed by atoms with Crippen molar-refractivity contribution in [2.75, 3.05) is 25.5 Å². The number of hydrogen-bond donors (Lipinski definition) is 2. The van der Waals surface area contributed by atoms with Crippen LogP contribution in [0.3, 0.4) is 0 Å². The van der Waals surface area contributed by atoms with Crippen molar-refractivity contribution in [3.8, 4) is 0 Å². The molecular weight excluding hydrogens is 338 g/mol. The molecule has 0 fully saturated rings. The van der Waals surface area contributed by atoms with E-state index in [1.165, 1.54) is 0 Å². The molecule has 3 N–H and O–H groups in total. The van der Waals surface area contributed by atoms with Gasteiger partial charge in [0.1, 0.15) is 0 Å². The van der Waals surface area contributed by atoms with Gasteiger partial charge in [-0.05, 0) is 25.5 Å². The minimum absolute atomic E-state index is 0.191. The number of hydrogen-bond acceptors (Lipinski definition) is 4. The van der Waals surface area contributed by atoms with Crippen molar-refractivity contribution in [2.24, 2.45) is 5.73 Å². The summed E-state index contributed by atoms with van der Waals surface area (Å²) in [6, 6.07) is 10.8. The molecule has 0 unspecified atom stereocenters. The number of primary amides is 1. The molecule has 0 aliphatic carbocycles. The number of benzene rings is 2. The number of nitrogens with zero attached hydrogens (tertiary/aromatic N) is 1. The highest BCUT2D eigenvalue weighted by Crippen LogP contribution is 2.30. The highest BCUT2D eigenvalue weighted by atomic mass is 32.2. The smallest absolute Gasteiger partial charge is 0.244 e. The third kappa shape index (κ3) is 4.37. The molecule has 2 aromatic carbocycles. The first-order valence-corrected chi connectivity index (χ1v) is 9.37. The minimum Gasteiger partial charge on any atom is -0.377 e. The lowest BCUT2D eigenvalue weighted by Crippen LogP contribution is -2.25. The van der Waals surface area contributed by atoms with Crippen molar-refractivity contribution in [1.82, 2.24) is 4.72 Å². The van der Waals surface area contributed by atoms with Crippen molar-refractivity contribution >= 4 is 32.4 Å². The van der Waals surface area contributed by atoms with Crippen molar-refractivity contribution in [2.45, 2.75) is 18.2 Å². The molecular formula is C18H23N3O3S. The molecule has 0 radical (unpaired) electrons. The van der Waals surface area contributed by atoms with Crippen LogP contribution >= 0.6 is 0 Å². The lowest BCUT2D eigenvalue weighted by Gasteiger charge is -2.17. The predicted molar refractivity (Wildman–Crippen MR) is 101 cm³/mol. The highest BCUT2D eigenvalue weighted by molar-refractivity contribution is 7.89. The van der Waals surface area contributed by atoms with Gasteiger partial charge >= 0.3 is 0 Å². The van der Waals surface area contributed by atoms with Gasteiger partial charge in [0, 0.05) is 42.7 Å². The van der Waals surface area contributed by atoms with Crippen LogP contribution in [-0.2, 0) is 14.8 Å². The number of carbonyl (C=O) groups excluding carboxylic acids is 1. The average Bonchev–Trinajstić information content (AvgIpc) is 2.57. The van der Waals surface area contributed by atoms with Crippen LogP contribution in [0.4, 0.5) is 5.69 Å². The summed E-state index contributed by atoms with van der Waals surface area (Å²) in [5, 5.41) is 1.55. The topological polar surface area (TPSA) is 92.5 Å². The molecule has 7 heteroatoms. The van der Waals surface area contributed by atoms with E-state index in [1.54, 1.807) is 31.2 Å². The molecule has 0 saturated heterocycles. The Balaban J connectivity index is 2.29. The first-order valence-electron chi connectivity index (χ1n) is 7.89. The fourth-order valence-corrected chi connectivity index (χ4v) is 3.82. The van der Waals surface area contributed by atoms with Crippen molar-refractivity contribution in [3.63, 3.8) is 0 Å². The number of anilines is 1. The summed E-state index contributed by atoms with van der Waals surface area (Å²) < 4.78 is 27.9. The SMILES string of the molecule is C/C(=C/CCNS(=O)(=O)c1cccc2c(N(C)C)cccc12)C(N)=O. The van der Waals surface area contributed by atoms with Gasteiger partial charge in [0.25, 0.3) is 0 Å². The van der Waals surface area contributed by atoms with Gasteiger partial charge in [-0.2, -0.15) is 0 Å². The third-order valence-corrected chi connectivity index (χ3v) is 5.43. The Morgan fingerprint density at radius 3 is 2.44 bits per heavy atom. The Kier molecular flexibility index (Phi) is 5.81. The third-order valence-electron chi connectivity index (χ3n) is 3.91. The van der Waals surface area contributed by atoms with Crippen LogP contribution in [0.15, 0.2) is 52.9 Å². The molecule has 0 aromatic heterocycles. The summed E-state index contributed by atoms with van der Waals surface area (Å²) >= 11 is 0. The molecule has 6 nitrogen and oxygen atoms in total. The van der Waals surface area contributed by atoms with Gasteiger partial charge in [-0.15, -0.1) is 0 Å². The van der Waals surface area contributed by atoms with Crippen LogP contribution in [0.25, 0.3) is 10.8 Å². The molecule has 25 heavy (non-hydrogen) atoms. The molecule has 1 amide bonds. The van der Waals surface area contributed by atoms with Gasteiger partial charge in [0.05, 0.1) is 4.90 Å². The van der Waals surface area contributed by atoms with Crippen molar-refractivity contribution < 1.29 is 13.2 Å². The Morgan fingerprint density at radius 2 is 1.80 bits per heavy atom. The number of rotatable bonds is 7. The van der Waals surface area contributed by atoms with Gasteiger partial charge in [-0.3, -0.25) is 4.79 Å².